The van der Waals surface area contributed by atoms with Crippen LogP contribution in [0.1, 0.15) is 40.9 Å². The van der Waals surface area contributed by atoms with Crippen molar-refractivity contribution < 1.29 is 14.2 Å². The van der Waals surface area contributed by atoms with Gasteiger partial charge in [0.05, 0.1) is 43.4 Å². The number of benzene rings is 7. The van der Waals surface area contributed by atoms with Crippen LogP contribution < -0.4 is 14.2 Å². The summed E-state index contributed by atoms with van der Waals surface area (Å²) in [6, 6.07) is 54.9. The first-order chi connectivity index (χ1) is 31.1. The minimum atomic E-state index is 0.842. The van der Waals surface area contributed by atoms with Crippen LogP contribution in [-0.2, 0) is 12.8 Å². The molecule has 0 N–H and O–H groups in total. The van der Waals surface area contributed by atoms with E-state index < -0.39 is 0 Å². The molecule has 2 aliphatic rings. The Labute approximate surface area is 366 Å². The molecule has 306 valence electrons. The summed E-state index contributed by atoms with van der Waals surface area (Å²) < 4.78 is 23.8. The van der Waals surface area contributed by atoms with Crippen LogP contribution in [0.25, 0.3) is 89.5 Å². The van der Waals surface area contributed by atoms with Gasteiger partial charge < -0.3 is 27.9 Å². The van der Waals surface area contributed by atoms with Crippen molar-refractivity contribution in [3.05, 3.63) is 186 Å². The second-order valence-corrected chi connectivity index (χ2v) is 16.6. The van der Waals surface area contributed by atoms with Crippen molar-refractivity contribution in [1.82, 2.24) is 13.7 Å². The molecule has 0 unspecified atom stereocenters. The van der Waals surface area contributed by atoms with E-state index in [9.17, 15) is 0 Å². The number of nitrogens with zero attached hydrogens (tertiary/aromatic N) is 3. The molecule has 0 fully saturated rings. The molecule has 6 heteroatoms. The normalized spacial score (nSPS) is 13.4. The lowest BCUT2D eigenvalue weighted by atomic mass is 9.89. The quantitative estimate of drug-likeness (QED) is 0.153. The maximum absolute atomic E-state index is 5.57. The molecule has 0 aliphatic heterocycles. The molecule has 63 heavy (non-hydrogen) atoms. The minimum Gasteiger partial charge on any atom is -0.497 e. The van der Waals surface area contributed by atoms with Gasteiger partial charge in [-0.1, -0.05) is 48.6 Å². The number of ether oxygens (including phenoxy) is 3. The van der Waals surface area contributed by atoms with E-state index >= 15 is 0 Å². The van der Waals surface area contributed by atoms with E-state index in [-0.39, 0.29) is 0 Å². The van der Waals surface area contributed by atoms with E-state index in [0.717, 1.165) is 54.3 Å². The Bertz CT molecular complexity index is 3490. The second-order valence-electron chi connectivity index (χ2n) is 16.6. The lowest BCUT2D eigenvalue weighted by molar-refractivity contribution is 0.414. The molecule has 0 atom stereocenters. The van der Waals surface area contributed by atoms with E-state index in [1.807, 2.05) is 24.3 Å². The first kappa shape index (κ1) is 37.1. The highest BCUT2D eigenvalue weighted by Gasteiger charge is 2.26. The summed E-state index contributed by atoms with van der Waals surface area (Å²) in [6.07, 6.45) is 11.2. The fraction of sp³-hybridized carbons (Fsp3) is 0.123. The van der Waals surface area contributed by atoms with Crippen LogP contribution in [0.5, 0.6) is 17.2 Å². The van der Waals surface area contributed by atoms with Crippen LogP contribution >= 0.6 is 0 Å². The second kappa shape index (κ2) is 14.7. The van der Waals surface area contributed by atoms with Crippen LogP contribution in [-0.4, -0.2) is 35.0 Å². The fourth-order valence-corrected chi connectivity index (χ4v) is 10.3. The Morgan fingerprint density at radius 3 is 1.41 bits per heavy atom. The van der Waals surface area contributed by atoms with Gasteiger partial charge in [-0.25, -0.2) is 0 Å². The number of allylic oxidation sites excluding steroid dienone is 2. The number of hydrogen-bond acceptors (Lipinski definition) is 3. The van der Waals surface area contributed by atoms with E-state index in [2.05, 4.69) is 159 Å². The Kier molecular flexibility index (Phi) is 8.68. The number of rotatable bonds is 8. The molecule has 6 nitrogen and oxygen atoms in total. The smallest absolute Gasteiger partial charge is 0.119 e. The van der Waals surface area contributed by atoms with Crippen LogP contribution in [0.15, 0.2) is 158 Å². The van der Waals surface area contributed by atoms with Crippen LogP contribution in [0.2, 0.25) is 0 Å². The monoisotopic (exact) mass is 819 g/mol. The highest BCUT2D eigenvalue weighted by atomic mass is 16.5. The molecule has 12 rings (SSSR count). The summed E-state index contributed by atoms with van der Waals surface area (Å²) in [5.41, 5.74) is 18.6. The van der Waals surface area contributed by atoms with E-state index in [1.165, 1.54) is 94.1 Å². The average molecular weight is 820 g/mol. The topological polar surface area (TPSA) is 42.5 Å². The lowest BCUT2D eigenvalue weighted by Gasteiger charge is -2.19. The van der Waals surface area contributed by atoms with Crippen molar-refractivity contribution in [2.24, 2.45) is 0 Å². The van der Waals surface area contributed by atoms with Crippen LogP contribution in [0.3, 0.4) is 0 Å². The van der Waals surface area contributed by atoms with Crippen molar-refractivity contribution in [2.45, 2.75) is 25.7 Å². The molecular formula is C57H45N3O3. The summed E-state index contributed by atoms with van der Waals surface area (Å²) >= 11 is 0. The van der Waals surface area contributed by atoms with Gasteiger partial charge in [0.2, 0.25) is 0 Å². The summed E-state index contributed by atoms with van der Waals surface area (Å²) in [5, 5.41) is 4.92. The Morgan fingerprint density at radius 2 is 0.857 bits per heavy atom. The molecule has 0 bridgehead atoms. The highest BCUT2D eigenvalue weighted by molar-refractivity contribution is 6.13. The largest absolute Gasteiger partial charge is 0.497 e. The zero-order valence-corrected chi connectivity index (χ0v) is 35.6. The van der Waals surface area contributed by atoms with Crippen molar-refractivity contribution in [2.75, 3.05) is 21.3 Å². The third kappa shape index (κ3) is 5.93. The standard InChI is InChI=1S/C57H45N3O3/c1-61-43-22-16-40(17-23-43)58-52-10-6-4-8-46(52)48-32-36(12-28-54(48)58)38-14-30-56-50(34-38)51-35-39(15-31-57(51)60(56)42-20-26-45(63-3)27-21-42)37-13-29-55-49(33-37)47-9-5-7-11-53(47)59(55)41-18-24-44(62-2)25-19-41/h4-6,8-10,12,14-28,30-35H,7,11,13,29H2,1-3H3. The molecule has 0 amide bonds. The number of hydrogen-bond donors (Lipinski definition) is 0. The fourth-order valence-electron chi connectivity index (χ4n) is 10.3. The molecule has 0 spiro atoms. The zero-order chi connectivity index (χ0) is 42.2. The van der Waals surface area contributed by atoms with Gasteiger partial charge in [0.15, 0.2) is 0 Å². The lowest BCUT2D eigenvalue weighted by Crippen LogP contribution is -2.08. The van der Waals surface area contributed by atoms with E-state index in [4.69, 9.17) is 14.2 Å². The molecule has 0 saturated carbocycles. The molecule has 0 saturated heterocycles. The van der Waals surface area contributed by atoms with Gasteiger partial charge in [-0.05, 0) is 169 Å². The van der Waals surface area contributed by atoms with Gasteiger partial charge in [0, 0.05) is 61.1 Å². The third-order valence-electron chi connectivity index (χ3n) is 13.4. The molecule has 0 radical (unpaired) electrons. The Morgan fingerprint density at radius 1 is 0.397 bits per heavy atom. The minimum absolute atomic E-state index is 0.842. The third-order valence-corrected chi connectivity index (χ3v) is 13.4. The molecule has 7 aromatic carbocycles. The molecule has 3 aromatic heterocycles. The molecule has 3 heterocycles. The number of para-hydroxylation sites is 1. The maximum atomic E-state index is 5.57. The number of fused-ring (bicyclic) bond motifs is 9. The van der Waals surface area contributed by atoms with Gasteiger partial charge >= 0.3 is 0 Å². The molecule has 2 aliphatic carbocycles. The van der Waals surface area contributed by atoms with Gasteiger partial charge in [0.25, 0.3) is 0 Å². The van der Waals surface area contributed by atoms with Gasteiger partial charge in [-0.15, -0.1) is 0 Å². The molecule has 10 aromatic rings. The molecular weight excluding hydrogens is 775 g/mol. The highest BCUT2D eigenvalue weighted by Crippen LogP contribution is 2.43. The van der Waals surface area contributed by atoms with Crippen molar-refractivity contribution in [3.63, 3.8) is 0 Å². The van der Waals surface area contributed by atoms with E-state index in [1.54, 1.807) is 21.3 Å². The van der Waals surface area contributed by atoms with Gasteiger partial charge in [-0.3, -0.25) is 0 Å². The number of methoxy groups -OCH3 is 3. The Hall–Kier alpha value is -7.70. The Balaban J connectivity index is 1.01. The zero-order valence-electron chi connectivity index (χ0n) is 35.6. The SMILES string of the molecule is COc1ccc(-n2c3c(c4c2CCC(c2ccc5c(c2)c2cc(-c6ccc7c(c6)c6ccccc6n7-c6ccc(OC)cc6)ccc2n5-c2ccc(OC)cc2)=C4)C=CCC3)cc1. The first-order valence-electron chi connectivity index (χ1n) is 21.8. The van der Waals surface area contributed by atoms with Gasteiger partial charge in [-0.2, -0.15) is 0 Å². The predicted molar refractivity (Wildman–Crippen MR) is 260 cm³/mol. The maximum Gasteiger partial charge on any atom is 0.119 e. The van der Waals surface area contributed by atoms with Gasteiger partial charge in [0.1, 0.15) is 17.2 Å². The summed E-state index contributed by atoms with van der Waals surface area (Å²) in [4.78, 5) is 0. The first-order valence-corrected chi connectivity index (χ1v) is 21.8. The summed E-state index contributed by atoms with van der Waals surface area (Å²) in [5.74, 6) is 2.56. The van der Waals surface area contributed by atoms with Crippen molar-refractivity contribution in [3.8, 4) is 45.4 Å². The van der Waals surface area contributed by atoms with Crippen LogP contribution in [0.4, 0.5) is 0 Å². The average Bonchev–Trinajstić information content (AvgIpc) is 3.98. The number of aromatic nitrogens is 3. The predicted octanol–water partition coefficient (Wildman–Crippen LogP) is 13.8. The van der Waals surface area contributed by atoms with Crippen molar-refractivity contribution in [1.29, 1.82) is 0 Å². The summed E-state index contributed by atoms with van der Waals surface area (Å²) in [6.45, 7) is 0. The van der Waals surface area contributed by atoms with Crippen molar-refractivity contribution >= 4 is 61.3 Å². The van der Waals surface area contributed by atoms with Crippen LogP contribution in [0, 0.1) is 0 Å². The van der Waals surface area contributed by atoms with E-state index in [0.29, 0.717) is 0 Å². The summed E-state index contributed by atoms with van der Waals surface area (Å²) in [7, 11) is 5.15.